The van der Waals surface area contributed by atoms with E-state index in [1.165, 1.54) is 0 Å². The van der Waals surface area contributed by atoms with Gasteiger partial charge in [0.05, 0.1) is 11.4 Å². The number of aromatic nitrogens is 5. The van der Waals surface area contributed by atoms with Gasteiger partial charge in [-0.2, -0.15) is 0 Å². The van der Waals surface area contributed by atoms with Crippen molar-refractivity contribution in [2.75, 3.05) is 0 Å². The first-order chi connectivity index (χ1) is 15.5. The zero-order valence-electron chi connectivity index (χ0n) is 20.3. The van der Waals surface area contributed by atoms with Gasteiger partial charge >= 0.3 is 0 Å². The Morgan fingerprint density at radius 2 is 0.861 bits per heavy atom. The van der Waals surface area contributed by atoms with Gasteiger partial charge in [0, 0.05) is 55.2 Å². The first-order valence-electron chi connectivity index (χ1n) is 10.7. The summed E-state index contributed by atoms with van der Waals surface area (Å²) in [5.74, 6) is 1.69. The van der Waals surface area contributed by atoms with Gasteiger partial charge in [-0.3, -0.25) is 0 Å². The molecule has 0 amide bonds. The Labute approximate surface area is 242 Å². The molecule has 0 aliphatic rings. The molecule has 0 unspecified atom stereocenters. The van der Waals surface area contributed by atoms with E-state index in [9.17, 15) is 0 Å². The van der Waals surface area contributed by atoms with Gasteiger partial charge in [0.25, 0.3) is 0 Å². The molecule has 9 heteroatoms. The summed E-state index contributed by atoms with van der Waals surface area (Å²) >= 11 is 0. The van der Waals surface area contributed by atoms with Crippen LogP contribution >= 0.6 is 0 Å². The van der Waals surface area contributed by atoms with Crippen molar-refractivity contribution in [1.29, 1.82) is 0 Å². The molecule has 0 atom stereocenters. The van der Waals surface area contributed by atoms with Crippen molar-refractivity contribution < 1.29 is 55.8 Å². The summed E-state index contributed by atoms with van der Waals surface area (Å²) in [5, 5.41) is 0. The summed E-state index contributed by atoms with van der Waals surface area (Å²) in [6.07, 6.45) is 0. The number of nitrogens with zero attached hydrogens (tertiary/aromatic N) is 5. The average Bonchev–Trinajstić information content (AvgIpc) is 3.31. The molecular formula is C27H25Cl3N5V-3. The van der Waals surface area contributed by atoms with Gasteiger partial charge in [0.1, 0.15) is 11.4 Å². The van der Waals surface area contributed by atoms with Crippen molar-refractivity contribution in [2.24, 2.45) is 14.1 Å². The number of benzene rings is 2. The smallest absolute Gasteiger partial charge is 0.159 e. The molecule has 3 heterocycles. The van der Waals surface area contributed by atoms with Crippen molar-refractivity contribution in [1.82, 2.24) is 24.1 Å². The van der Waals surface area contributed by atoms with E-state index in [2.05, 4.69) is 47.2 Å². The van der Waals surface area contributed by atoms with E-state index in [1.54, 1.807) is 0 Å². The summed E-state index contributed by atoms with van der Waals surface area (Å²) < 4.78 is 4.21. The van der Waals surface area contributed by atoms with Crippen LogP contribution in [0.2, 0.25) is 0 Å². The topological polar surface area (TPSA) is 48.5 Å². The van der Waals surface area contributed by atoms with E-state index in [-0.39, 0.29) is 55.8 Å². The third-order valence-electron chi connectivity index (χ3n) is 6.06. The fraction of sp³-hybridized carbons (Fsp3) is 0.148. The van der Waals surface area contributed by atoms with Crippen molar-refractivity contribution in [2.45, 2.75) is 13.8 Å². The van der Waals surface area contributed by atoms with Crippen molar-refractivity contribution >= 4 is 0 Å². The van der Waals surface area contributed by atoms with Crippen LogP contribution in [0.3, 0.4) is 0 Å². The van der Waals surface area contributed by atoms with Crippen LogP contribution in [0.5, 0.6) is 0 Å². The molecule has 2 aromatic carbocycles. The number of hydrogen-bond donors (Lipinski definition) is 0. The maximum absolute atomic E-state index is 4.96. The van der Waals surface area contributed by atoms with Crippen LogP contribution in [0.25, 0.3) is 45.6 Å². The zero-order valence-corrected chi connectivity index (χ0v) is 24.0. The fourth-order valence-corrected chi connectivity index (χ4v) is 4.04. The van der Waals surface area contributed by atoms with E-state index >= 15 is 0 Å². The van der Waals surface area contributed by atoms with Crippen molar-refractivity contribution in [3.63, 3.8) is 0 Å². The summed E-state index contributed by atoms with van der Waals surface area (Å²) in [4.78, 5) is 14.9. The molecule has 0 saturated heterocycles. The SMILES string of the molecule is Cc1c(-c2ccccc2)nc(-c2cccc(-c3nc(-c4ccccc4)c(C)n3C)n2)n1C.[Cl-].[Cl-].[Cl-].[V]. The van der Waals surface area contributed by atoms with E-state index in [0.717, 1.165) is 56.9 Å². The predicted molar refractivity (Wildman–Crippen MR) is 129 cm³/mol. The second-order valence-electron chi connectivity index (χ2n) is 8.00. The number of imidazole rings is 2. The normalized spacial score (nSPS) is 9.89. The number of halogens is 3. The van der Waals surface area contributed by atoms with E-state index in [4.69, 9.17) is 15.0 Å². The molecule has 0 bridgehead atoms. The Morgan fingerprint density at radius 1 is 0.500 bits per heavy atom. The second-order valence-corrected chi connectivity index (χ2v) is 8.00. The molecule has 5 aromatic rings. The van der Waals surface area contributed by atoms with E-state index in [1.807, 2.05) is 68.7 Å². The standard InChI is InChI=1S/C27H25N5.3ClH.V/c1-18-24(20-12-7-5-8-13-20)29-26(31(18)3)22-16-11-17-23(28-22)27-30-25(19(2)32(27)4)21-14-9-6-10-15-21;;;;/h5-17H,1-4H3;3*1H;/p-3. The van der Waals surface area contributed by atoms with Crippen LogP contribution in [0.4, 0.5) is 0 Å². The predicted octanol–water partition coefficient (Wildman–Crippen LogP) is -3.16. The number of pyridine rings is 1. The quantitative estimate of drug-likeness (QED) is 0.227. The summed E-state index contributed by atoms with van der Waals surface area (Å²) in [7, 11) is 4.08. The Kier molecular flexibility index (Phi) is 11.5. The van der Waals surface area contributed by atoms with Gasteiger partial charge < -0.3 is 46.4 Å². The van der Waals surface area contributed by atoms with E-state index < -0.39 is 0 Å². The van der Waals surface area contributed by atoms with Crippen LogP contribution in [-0.2, 0) is 32.7 Å². The van der Waals surface area contributed by atoms with Gasteiger partial charge in [-0.05, 0) is 26.0 Å². The van der Waals surface area contributed by atoms with Crippen LogP contribution in [0.1, 0.15) is 11.4 Å². The molecule has 0 N–H and O–H groups in total. The Balaban J connectivity index is 0.00000162. The molecule has 36 heavy (non-hydrogen) atoms. The summed E-state index contributed by atoms with van der Waals surface area (Å²) in [6.45, 7) is 4.19. The number of hydrogen-bond acceptors (Lipinski definition) is 3. The van der Waals surface area contributed by atoms with Gasteiger partial charge in [-0.1, -0.05) is 66.7 Å². The van der Waals surface area contributed by atoms with Crippen molar-refractivity contribution in [3.8, 4) is 45.6 Å². The second kappa shape index (κ2) is 13.1. The fourth-order valence-electron chi connectivity index (χ4n) is 4.04. The van der Waals surface area contributed by atoms with Crippen LogP contribution in [-0.4, -0.2) is 24.1 Å². The summed E-state index contributed by atoms with van der Waals surface area (Å²) in [5.41, 5.74) is 8.05. The number of rotatable bonds is 4. The first kappa shape index (κ1) is 31.5. The maximum atomic E-state index is 4.96. The van der Waals surface area contributed by atoms with Crippen LogP contribution in [0, 0.1) is 13.8 Å². The maximum Gasteiger partial charge on any atom is 0.159 e. The van der Waals surface area contributed by atoms with Gasteiger partial charge in [0.2, 0.25) is 0 Å². The minimum Gasteiger partial charge on any atom is -1.00 e. The molecule has 187 valence electrons. The van der Waals surface area contributed by atoms with Crippen LogP contribution in [0.15, 0.2) is 78.9 Å². The molecule has 0 saturated carbocycles. The third kappa shape index (κ3) is 5.72. The Hall–Kier alpha value is -2.54. The van der Waals surface area contributed by atoms with Crippen molar-refractivity contribution in [3.05, 3.63) is 90.3 Å². The monoisotopic (exact) mass is 575 g/mol. The third-order valence-corrected chi connectivity index (χ3v) is 6.06. The minimum absolute atomic E-state index is 0. The Bertz CT molecular complexity index is 1310. The minimum atomic E-state index is 0. The average molecular weight is 577 g/mol. The van der Waals surface area contributed by atoms with E-state index in [0.29, 0.717) is 0 Å². The molecule has 0 fully saturated rings. The first-order valence-corrected chi connectivity index (χ1v) is 10.7. The molecule has 0 spiro atoms. The summed E-state index contributed by atoms with van der Waals surface area (Å²) in [6, 6.07) is 26.6. The Morgan fingerprint density at radius 3 is 1.22 bits per heavy atom. The zero-order chi connectivity index (χ0) is 22.2. The molecule has 5 rings (SSSR count). The van der Waals surface area contributed by atoms with Gasteiger partial charge in [0.15, 0.2) is 11.6 Å². The molecule has 5 nitrogen and oxygen atoms in total. The van der Waals surface area contributed by atoms with Gasteiger partial charge in [-0.25, -0.2) is 15.0 Å². The molecular weight excluding hydrogens is 552 g/mol. The molecule has 1 radical (unpaired) electrons. The molecule has 0 aliphatic carbocycles. The van der Waals surface area contributed by atoms with Gasteiger partial charge in [-0.15, -0.1) is 0 Å². The molecule has 0 aliphatic heterocycles. The largest absolute Gasteiger partial charge is 1.00 e. The molecule has 3 aromatic heterocycles. The van der Waals surface area contributed by atoms with Crippen LogP contribution < -0.4 is 37.2 Å².